The number of esters is 1. The predicted octanol–water partition coefficient (Wildman–Crippen LogP) is 5.68. The minimum Gasteiger partial charge on any atom is -0.507 e. The van der Waals surface area contributed by atoms with Gasteiger partial charge in [0, 0.05) is 31.1 Å². The smallest absolute Gasteiger partial charge is 0.310 e. The number of rotatable bonds is 7. The van der Waals surface area contributed by atoms with Gasteiger partial charge >= 0.3 is 5.97 Å². The van der Waals surface area contributed by atoms with Crippen molar-refractivity contribution in [2.24, 2.45) is 17.8 Å². The molecule has 0 radical (unpaired) electrons. The summed E-state index contributed by atoms with van der Waals surface area (Å²) in [6.45, 7) is 3.73. The van der Waals surface area contributed by atoms with Crippen LogP contribution in [-0.4, -0.2) is 35.7 Å². The van der Waals surface area contributed by atoms with E-state index in [2.05, 4.69) is 35.2 Å². The summed E-state index contributed by atoms with van der Waals surface area (Å²) in [6.07, 6.45) is 8.64. The van der Waals surface area contributed by atoms with E-state index in [0.29, 0.717) is 41.6 Å². The highest BCUT2D eigenvalue weighted by Gasteiger charge is 2.42. The van der Waals surface area contributed by atoms with E-state index >= 15 is 0 Å². The second-order valence-corrected chi connectivity index (χ2v) is 10.5. The third kappa shape index (κ3) is 5.27. The lowest BCUT2D eigenvalue weighted by molar-refractivity contribution is -0.145. The molecule has 2 aromatic carbocycles. The van der Waals surface area contributed by atoms with Gasteiger partial charge in [0.2, 0.25) is 0 Å². The maximum absolute atomic E-state index is 12.7. The minimum absolute atomic E-state index is 0.161. The van der Waals surface area contributed by atoms with Crippen molar-refractivity contribution in [2.75, 3.05) is 19.7 Å². The molecule has 2 saturated carbocycles. The summed E-state index contributed by atoms with van der Waals surface area (Å²) < 4.78 is 5.79. The highest BCUT2D eigenvalue weighted by molar-refractivity contribution is 5.74. The fraction of sp³-hybridized carbons (Fsp3) is 0.552. The fourth-order valence-corrected chi connectivity index (χ4v) is 6.57. The van der Waals surface area contributed by atoms with E-state index in [4.69, 9.17) is 4.74 Å². The van der Waals surface area contributed by atoms with Crippen LogP contribution in [0.3, 0.4) is 0 Å². The number of aromatic hydroxyl groups is 1. The Balaban J connectivity index is 1.14. The summed E-state index contributed by atoms with van der Waals surface area (Å²) in [5.41, 5.74) is 3.10. The van der Waals surface area contributed by atoms with Crippen LogP contribution in [0.4, 0.5) is 0 Å². The van der Waals surface area contributed by atoms with E-state index in [1.807, 2.05) is 18.2 Å². The summed E-state index contributed by atoms with van der Waals surface area (Å²) in [6, 6.07) is 16.6. The van der Waals surface area contributed by atoms with Crippen molar-refractivity contribution in [1.82, 2.24) is 4.90 Å². The SMILES string of the molecule is O=C(Cc1cccc(C2CCCCC2)c1O)OCC1C2CCC1CN(Cc1ccccc1)C2. The molecule has 5 rings (SSSR count). The number of benzene rings is 2. The van der Waals surface area contributed by atoms with Gasteiger partial charge in [-0.1, -0.05) is 67.8 Å². The van der Waals surface area contributed by atoms with Gasteiger partial charge in [0.15, 0.2) is 0 Å². The zero-order valence-corrected chi connectivity index (χ0v) is 19.6. The molecular formula is C29H37NO3. The summed E-state index contributed by atoms with van der Waals surface area (Å²) in [5.74, 6) is 2.23. The Bertz CT molecular complexity index is 923. The van der Waals surface area contributed by atoms with E-state index in [1.54, 1.807) is 0 Å². The third-order valence-electron chi connectivity index (χ3n) is 8.32. The molecule has 0 aromatic heterocycles. The van der Waals surface area contributed by atoms with Crippen molar-refractivity contribution in [3.63, 3.8) is 0 Å². The quantitative estimate of drug-likeness (QED) is 0.555. The molecule has 2 aliphatic carbocycles. The second kappa shape index (κ2) is 10.3. The summed E-state index contributed by atoms with van der Waals surface area (Å²) in [4.78, 5) is 15.3. The number of phenolic OH excluding ortho intramolecular Hbond substituents is 1. The van der Waals surface area contributed by atoms with Crippen LogP contribution in [0.15, 0.2) is 48.5 Å². The fourth-order valence-electron chi connectivity index (χ4n) is 6.57. The first-order valence-electron chi connectivity index (χ1n) is 12.9. The van der Waals surface area contributed by atoms with E-state index in [9.17, 15) is 9.90 Å². The molecule has 0 spiro atoms. The van der Waals surface area contributed by atoms with Crippen LogP contribution in [0.5, 0.6) is 5.75 Å². The molecule has 4 heteroatoms. The predicted molar refractivity (Wildman–Crippen MR) is 130 cm³/mol. The monoisotopic (exact) mass is 447 g/mol. The molecule has 1 aliphatic heterocycles. The molecule has 2 atom stereocenters. The van der Waals surface area contributed by atoms with Crippen molar-refractivity contribution < 1.29 is 14.6 Å². The van der Waals surface area contributed by atoms with Crippen LogP contribution in [0.25, 0.3) is 0 Å². The first-order valence-corrected chi connectivity index (χ1v) is 12.9. The number of carbonyl (C=O) groups excluding carboxylic acids is 1. The van der Waals surface area contributed by atoms with E-state index < -0.39 is 0 Å². The zero-order chi connectivity index (χ0) is 22.6. The Morgan fingerprint density at radius 3 is 2.36 bits per heavy atom. The van der Waals surface area contributed by atoms with Crippen LogP contribution >= 0.6 is 0 Å². The molecule has 2 unspecified atom stereocenters. The van der Waals surface area contributed by atoms with Gasteiger partial charge in [-0.2, -0.15) is 0 Å². The molecule has 3 fully saturated rings. The molecule has 3 aliphatic rings. The van der Waals surface area contributed by atoms with Gasteiger partial charge in [0.05, 0.1) is 13.0 Å². The second-order valence-electron chi connectivity index (χ2n) is 10.5. The number of ether oxygens (including phenoxy) is 1. The highest BCUT2D eigenvalue weighted by Crippen LogP contribution is 2.43. The molecule has 33 heavy (non-hydrogen) atoms. The normalized spacial score (nSPS) is 25.8. The number of fused-ring (bicyclic) bond motifs is 2. The largest absolute Gasteiger partial charge is 0.507 e. The summed E-state index contributed by atoms with van der Waals surface area (Å²) in [7, 11) is 0. The average molecular weight is 448 g/mol. The maximum Gasteiger partial charge on any atom is 0.310 e. The van der Waals surface area contributed by atoms with Gasteiger partial charge in [-0.05, 0) is 54.6 Å². The first-order chi connectivity index (χ1) is 16.2. The third-order valence-corrected chi connectivity index (χ3v) is 8.32. The lowest BCUT2D eigenvalue weighted by atomic mass is 9.83. The maximum atomic E-state index is 12.7. The first kappa shape index (κ1) is 22.5. The number of hydrogen-bond donors (Lipinski definition) is 1. The molecule has 176 valence electrons. The molecular weight excluding hydrogens is 410 g/mol. The van der Waals surface area contributed by atoms with Crippen LogP contribution in [0.2, 0.25) is 0 Å². The molecule has 1 N–H and O–H groups in total. The number of para-hydroxylation sites is 1. The minimum atomic E-state index is -0.211. The Kier molecular flexibility index (Phi) is 7.01. The molecule has 2 aromatic rings. The highest BCUT2D eigenvalue weighted by atomic mass is 16.5. The van der Waals surface area contributed by atoms with Crippen LogP contribution in [0, 0.1) is 17.8 Å². The number of piperidine rings is 1. The van der Waals surface area contributed by atoms with Gasteiger partial charge in [0.1, 0.15) is 5.75 Å². The standard InChI is InChI=1S/C29H37NO3/c31-28(16-23-12-7-13-26(29(23)32)22-10-5-2-6-11-22)33-20-27-24-14-15-25(27)19-30(18-24)17-21-8-3-1-4-9-21/h1,3-4,7-9,12-13,22,24-25,27,32H,2,5-6,10-11,14-20H2. The zero-order valence-electron chi connectivity index (χ0n) is 19.6. The molecule has 2 bridgehead atoms. The Hall–Kier alpha value is -2.33. The average Bonchev–Trinajstić information content (AvgIpc) is 3.08. The van der Waals surface area contributed by atoms with Crippen LogP contribution < -0.4 is 0 Å². The molecule has 4 nitrogen and oxygen atoms in total. The van der Waals surface area contributed by atoms with Crippen molar-refractivity contribution in [3.05, 3.63) is 65.2 Å². The number of phenols is 1. The Morgan fingerprint density at radius 2 is 1.64 bits per heavy atom. The van der Waals surface area contributed by atoms with Crippen LogP contribution in [0.1, 0.15) is 67.6 Å². The summed E-state index contributed by atoms with van der Waals surface area (Å²) in [5, 5.41) is 10.8. The topological polar surface area (TPSA) is 49.8 Å². The lowest BCUT2D eigenvalue weighted by Gasteiger charge is -2.37. The number of likely N-dealkylation sites (tertiary alicyclic amines) is 1. The number of hydrogen-bond acceptors (Lipinski definition) is 4. The van der Waals surface area contributed by atoms with E-state index in [0.717, 1.165) is 38.0 Å². The Labute approximate surface area is 198 Å². The lowest BCUT2D eigenvalue weighted by Crippen LogP contribution is -2.43. The molecule has 0 amide bonds. The Morgan fingerprint density at radius 1 is 0.909 bits per heavy atom. The summed E-state index contributed by atoms with van der Waals surface area (Å²) >= 11 is 0. The van der Waals surface area contributed by atoms with E-state index in [-0.39, 0.29) is 12.4 Å². The van der Waals surface area contributed by atoms with Crippen molar-refractivity contribution in [2.45, 2.75) is 63.8 Å². The molecule has 1 heterocycles. The molecule has 1 saturated heterocycles. The van der Waals surface area contributed by atoms with Crippen LogP contribution in [-0.2, 0) is 22.5 Å². The van der Waals surface area contributed by atoms with Gasteiger partial charge in [-0.3, -0.25) is 9.69 Å². The number of carbonyl (C=O) groups is 1. The number of nitrogens with zero attached hydrogens (tertiary/aromatic N) is 1. The van der Waals surface area contributed by atoms with Crippen molar-refractivity contribution in [1.29, 1.82) is 0 Å². The van der Waals surface area contributed by atoms with E-state index in [1.165, 1.54) is 37.7 Å². The van der Waals surface area contributed by atoms with Gasteiger partial charge in [-0.25, -0.2) is 0 Å². The van der Waals surface area contributed by atoms with Crippen molar-refractivity contribution >= 4 is 5.97 Å². The van der Waals surface area contributed by atoms with Gasteiger partial charge in [-0.15, -0.1) is 0 Å². The van der Waals surface area contributed by atoms with Gasteiger partial charge in [0.25, 0.3) is 0 Å². The van der Waals surface area contributed by atoms with Gasteiger partial charge < -0.3 is 9.84 Å². The van der Waals surface area contributed by atoms with Crippen molar-refractivity contribution in [3.8, 4) is 5.75 Å².